The Hall–Kier alpha value is -1.49. The van der Waals surface area contributed by atoms with Gasteiger partial charge in [-0.3, -0.25) is 4.79 Å². The first kappa shape index (κ1) is 11.0. The van der Waals surface area contributed by atoms with Gasteiger partial charge in [-0.1, -0.05) is 6.92 Å². The van der Waals surface area contributed by atoms with Crippen LogP contribution in [0.3, 0.4) is 0 Å². The number of rotatable bonds is 2. The van der Waals surface area contributed by atoms with Crippen LogP contribution in [0.15, 0.2) is 18.3 Å². The zero-order valence-corrected chi connectivity index (χ0v) is 9.11. The first-order valence-corrected chi connectivity index (χ1v) is 5.24. The highest BCUT2D eigenvalue weighted by Crippen LogP contribution is 2.22. The van der Waals surface area contributed by atoms with E-state index >= 15 is 0 Å². The average Bonchev–Trinajstić information content (AvgIpc) is 2.25. The number of hydrogen-bond donors (Lipinski definition) is 1. The lowest BCUT2D eigenvalue weighted by molar-refractivity contribution is 0.0395. The molecule has 0 aromatic carbocycles. The molecule has 0 unspecified atom stereocenters. The van der Waals surface area contributed by atoms with Crippen molar-refractivity contribution in [2.75, 3.05) is 13.1 Å². The van der Waals surface area contributed by atoms with Gasteiger partial charge in [-0.15, -0.1) is 0 Å². The van der Waals surface area contributed by atoms with Gasteiger partial charge in [-0.05, 0) is 18.6 Å². The maximum Gasteiger partial charge on any atom is 0.272 e. The number of nitrogens with zero attached hydrogens (tertiary/aromatic N) is 2. The molecule has 0 aliphatic carbocycles. The number of hydrogen-bond acceptors (Lipinski definition) is 3. The number of likely N-dealkylation sites (tertiary alicyclic amines) is 1. The third kappa shape index (κ3) is 1.90. The number of halogens is 1. The van der Waals surface area contributed by atoms with Crippen LogP contribution in [0.2, 0.25) is 0 Å². The number of pyridine rings is 1. The second kappa shape index (κ2) is 3.83. The second-order valence-electron chi connectivity index (χ2n) is 4.24. The van der Waals surface area contributed by atoms with E-state index < -0.39 is 5.82 Å². The number of nitrogens with two attached hydrogens (primary N) is 1. The molecule has 16 heavy (non-hydrogen) atoms. The molecule has 1 amide bonds. The van der Waals surface area contributed by atoms with Gasteiger partial charge >= 0.3 is 0 Å². The van der Waals surface area contributed by atoms with Crippen molar-refractivity contribution in [2.45, 2.75) is 18.9 Å². The summed E-state index contributed by atoms with van der Waals surface area (Å²) in [5.74, 6) is -0.628. The van der Waals surface area contributed by atoms with Crippen LogP contribution >= 0.6 is 0 Å². The Labute approximate surface area is 93.3 Å². The third-order valence-corrected chi connectivity index (χ3v) is 2.95. The summed E-state index contributed by atoms with van der Waals surface area (Å²) in [7, 11) is 0. The van der Waals surface area contributed by atoms with Gasteiger partial charge < -0.3 is 10.6 Å². The molecule has 2 heterocycles. The average molecular weight is 223 g/mol. The Morgan fingerprint density at radius 2 is 2.31 bits per heavy atom. The Morgan fingerprint density at radius 3 is 2.81 bits per heavy atom. The van der Waals surface area contributed by atoms with Crippen LogP contribution in [0.5, 0.6) is 0 Å². The second-order valence-corrected chi connectivity index (χ2v) is 4.24. The molecule has 0 radical (unpaired) electrons. The van der Waals surface area contributed by atoms with Gasteiger partial charge in [0.1, 0.15) is 11.5 Å². The summed E-state index contributed by atoms with van der Waals surface area (Å²) in [6, 6.07) is 2.62. The lowest BCUT2D eigenvalue weighted by Crippen LogP contribution is -2.68. The van der Waals surface area contributed by atoms with Crippen molar-refractivity contribution in [1.29, 1.82) is 0 Å². The van der Waals surface area contributed by atoms with Crippen molar-refractivity contribution in [3.8, 4) is 0 Å². The Morgan fingerprint density at radius 1 is 1.62 bits per heavy atom. The molecular formula is C11H14FN3O. The molecule has 1 saturated heterocycles. The number of carbonyl (C=O) groups excluding carboxylic acids is 1. The normalized spacial score (nSPS) is 18.1. The minimum absolute atomic E-state index is 0.186. The van der Waals surface area contributed by atoms with E-state index in [1.54, 1.807) is 4.90 Å². The SMILES string of the molecule is CCC1(N)CN(C(=O)c2ccc(F)cn2)C1. The van der Waals surface area contributed by atoms with Crippen LogP contribution in [0.1, 0.15) is 23.8 Å². The topological polar surface area (TPSA) is 59.2 Å². The van der Waals surface area contributed by atoms with Gasteiger partial charge in [0.25, 0.3) is 5.91 Å². The predicted molar refractivity (Wildman–Crippen MR) is 57.3 cm³/mol. The lowest BCUT2D eigenvalue weighted by atomic mass is 9.88. The van der Waals surface area contributed by atoms with Crippen LogP contribution in [0, 0.1) is 5.82 Å². The van der Waals surface area contributed by atoms with E-state index in [1.807, 2.05) is 6.92 Å². The molecule has 0 bridgehead atoms. The molecule has 0 saturated carbocycles. The zero-order chi connectivity index (χ0) is 11.8. The largest absolute Gasteiger partial charge is 0.333 e. The molecular weight excluding hydrogens is 209 g/mol. The Kier molecular flexibility index (Phi) is 2.63. The van der Waals surface area contributed by atoms with Crippen molar-refractivity contribution in [1.82, 2.24) is 9.88 Å². The standard InChI is InChI=1S/C11H14FN3O/c1-2-11(13)6-15(7-11)10(16)9-4-3-8(12)5-14-9/h3-5H,2,6-7,13H2,1H3. The van der Waals surface area contributed by atoms with Crippen LogP contribution < -0.4 is 5.73 Å². The molecule has 4 nitrogen and oxygen atoms in total. The van der Waals surface area contributed by atoms with Gasteiger partial charge in [0.15, 0.2) is 0 Å². The Bertz CT molecular complexity index is 398. The molecule has 5 heteroatoms. The van der Waals surface area contributed by atoms with Crippen molar-refractivity contribution < 1.29 is 9.18 Å². The number of aromatic nitrogens is 1. The van der Waals surface area contributed by atoms with Crippen LogP contribution in [0.4, 0.5) is 4.39 Å². The number of amides is 1. The highest BCUT2D eigenvalue weighted by molar-refractivity contribution is 5.93. The highest BCUT2D eigenvalue weighted by Gasteiger charge is 2.40. The fraction of sp³-hybridized carbons (Fsp3) is 0.455. The van der Waals surface area contributed by atoms with Gasteiger partial charge in [0.05, 0.1) is 11.7 Å². The summed E-state index contributed by atoms with van der Waals surface area (Å²) in [6.07, 6.45) is 1.89. The van der Waals surface area contributed by atoms with E-state index in [9.17, 15) is 9.18 Å². The zero-order valence-electron chi connectivity index (χ0n) is 9.11. The molecule has 1 aliphatic heterocycles. The van der Waals surface area contributed by atoms with Gasteiger partial charge in [0.2, 0.25) is 0 Å². The van der Waals surface area contributed by atoms with Crippen molar-refractivity contribution >= 4 is 5.91 Å². The molecule has 0 atom stereocenters. The molecule has 2 N–H and O–H groups in total. The third-order valence-electron chi connectivity index (χ3n) is 2.95. The minimum Gasteiger partial charge on any atom is -0.333 e. The fourth-order valence-electron chi connectivity index (χ4n) is 1.75. The van der Waals surface area contributed by atoms with Crippen molar-refractivity contribution in [2.24, 2.45) is 5.73 Å². The van der Waals surface area contributed by atoms with Crippen LogP contribution in [0.25, 0.3) is 0 Å². The van der Waals surface area contributed by atoms with Gasteiger partial charge in [-0.2, -0.15) is 0 Å². The summed E-state index contributed by atoms with van der Waals surface area (Å²) in [6.45, 7) is 3.08. The van der Waals surface area contributed by atoms with Gasteiger partial charge in [-0.25, -0.2) is 9.37 Å². The molecule has 1 aliphatic rings. The molecule has 1 aromatic heterocycles. The van der Waals surface area contributed by atoms with Crippen LogP contribution in [-0.4, -0.2) is 34.4 Å². The van der Waals surface area contributed by atoms with E-state index in [-0.39, 0.29) is 17.1 Å². The van der Waals surface area contributed by atoms with Crippen molar-refractivity contribution in [3.63, 3.8) is 0 Å². The fourth-order valence-corrected chi connectivity index (χ4v) is 1.75. The Balaban J connectivity index is 2.03. The van der Waals surface area contributed by atoms with E-state index in [0.29, 0.717) is 13.1 Å². The maximum absolute atomic E-state index is 12.6. The van der Waals surface area contributed by atoms with E-state index in [2.05, 4.69) is 4.98 Å². The number of carbonyl (C=O) groups is 1. The summed E-state index contributed by atoms with van der Waals surface area (Å²) < 4.78 is 12.6. The maximum atomic E-state index is 12.6. The summed E-state index contributed by atoms with van der Waals surface area (Å²) >= 11 is 0. The summed E-state index contributed by atoms with van der Waals surface area (Å²) in [5.41, 5.74) is 5.97. The predicted octanol–water partition coefficient (Wildman–Crippen LogP) is 0.784. The molecule has 0 spiro atoms. The summed E-state index contributed by atoms with van der Waals surface area (Å²) in [5, 5.41) is 0. The molecule has 1 fully saturated rings. The first-order valence-electron chi connectivity index (χ1n) is 5.24. The lowest BCUT2D eigenvalue weighted by Gasteiger charge is -2.47. The van der Waals surface area contributed by atoms with E-state index in [0.717, 1.165) is 12.6 Å². The quantitative estimate of drug-likeness (QED) is 0.806. The van der Waals surface area contributed by atoms with Gasteiger partial charge in [0, 0.05) is 13.1 Å². The molecule has 1 aromatic rings. The molecule has 2 rings (SSSR count). The van der Waals surface area contributed by atoms with Crippen LogP contribution in [-0.2, 0) is 0 Å². The minimum atomic E-state index is -0.443. The first-order chi connectivity index (χ1) is 7.54. The smallest absolute Gasteiger partial charge is 0.272 e. The van der Waals surface area contributed by atoms with E-state index in [1.165, 1.54) is 12.1 Å². The molecule has 86 valence electrons. The highest BCUT2D eigenvalue weighted by atomic mass is 19.1. The summed E-state index contributed by atoms with van der Waals surface area (Å²) in [4.78, 5) is 17.2. The van der Waals surface area contributed by atoms with E-state index in [4.69, 9.17) is 5.73 Å². The monoisotopic (exact) mass is 223 g/mol. The van der Waals surface area contributed by atoms with Crippen molar-refractivity contribution in [3.05, 3.63) is 29.8 Å².